The molecule has 0 radical (unpaired) electrons. The van der Waals surface area contributed by atoms with Crippen LogP contribution in [0.5, 0.6) is 0 Å². The van der Waals surface area contributed by atoms with E-state index in [4.69, 9.17) is 4.74 Å². The van der Waals surface area contributed by atoms with Gasteiger partial charge in [0.15, 0.2) is 6.61 Å². The van der Waals surface area contributed by atoms with E-state index in [-0.39, 0.29) is 24.6 Å². The van der Waals surface area contributed by atoms with E-state index < -0.39 is 5.97 Å². The van der Waals surface area contributed by atoms with E-state index in [1.54, 1.807) is 16.9 Å². The van der Waals surface area contributed by atoms with Crippen molar-refractivity contribution in [1.82, 2.24) is 15.1 Å². The third-order valence-corrected chi connectivity index (χ3v) is 4.85. The third-order valence-electron chi connectivity index (χ3n) is 4.85. The van der Waals surface area contributed by atoms with Gasteiger partial charge in [0.25, 0.3) is 5.91 Å². The standard InChI is InChI=1S/C17H25N3O3/c21-16(19-13-6-2-1-3-7-13)12-23-17(22)15-10-11-18-20(15)14-8-4-5-9-14/h10-11,13-14H,1-9,12H2,(H,19,21). The number of hydrogen-bond acceptors (Lipinski definition) is 4. The van der Waals surface area contributed by atoms with Crippen LogP contribution in [0.15, 0.2) is 12.3 Å². The van der Waals surface area contributed by atoms with Crippen LogP contribution in [0.3, 0.4) is 0 Å². The van der Waals surface area contributed by atoms with Gasteiger partial charge in [-0.3, -0.25) is 9.48 Å². The van der Waals surface area contributed by atoms with Crippen molar-refractivity contribution in [2.24, 2.45) is 0 Å². The summed E-state index contributed by atoms with van der Waals surface area (Å²) in [5.41, 5.74) is 0.447. The van der Waals surface area contributed by atoms with Crippen LogP contribution in [0.1, 0.15) is 74.3 Å². The Hall–Kier alpha value is -1.85. The second kappa shape index (κ2) is 7.62. The molecule has 0 bridgehead atoms. The average molecular weight is 319 g/mol. The summed E-state index contributed by atoms with van der Waals surface area (Å²) in [4.78, 5) is 24.1. The Balaban J connectivity index is 1.49. The number of nitrogens with one attached hydrogen (secondary N) is 1. The van der Waals surface area contributed by atoms with Gasteiger partial charge in [0.2, 0.25) is 0 Å². The molecule has 0 atom stereocenters. The predicted octanol–water partition coefficient (Wildman–Crippen LogP) is 2.60. The summed E-state index contributed by atoms with van der Waals surface area (Å²) in [6.07, 6.45) is 11.7. The maximum atomic E-state index is 12.2. The van der Waals surface area contributed by atoms with Crippen molar-refractivity contribution in [3.05, 3.63) is 18.0 Å². The molecule has 1 N–H and O–H groups in total. The van der Waals surface area contributed by atoms with Gasteiger partial charge >= 0.3 is 5.97 Å². The van der Waals surface area contributed by atoms with E-state index in [2.05, 4.69) is 10.4 Å². The number of ether oxygens (including phenoxy) is 1. The molecule has 3 rings (SSSR count). The summed E-state index contributed by atoms with van der Waals surface area (Å²) in [7, 11) is 0. The molecular formula is C17H25N3O3. The number of aromatic nitrogens is 2. The fourth-order valence-corrected chi connectivity index (χ4v) is 3.64. The van der Waals surface area contributed by atoms with Gasteiger partial charge < -0.3 is 10.1 Å². The van der Waals surface area contributed by atoms with Crippen LogP contribution in [-0.4, -0.2) is 34.3 Å². The molecule has 23 heavy (non-hydrogen) atoms. The molecule has 1 aromatic rings. The van der Waals surface area contributed by atoms with Gasteiger partial charge in [0.1, 0.15) is 5.69 Å². The lowest BCUT2D eigenvalue weighted by Crippen LogP contribution is -2.38. The van der Waals surface area contributed by atoms with Gasteiger partial charge in [-0.25, -0.2) is 4.79 Å². The van der Waals surface area contributed by atoms with Gasteiger partial charge in [-0.2, -0.15) is 5.10 Å². The van der Waals surface area contributed by atoms with Crippen molar-refractivity contribution in [3.63, 3.8) is 0 Å². The molecule has 126 valence electrons. The van der Waals surface area contributed by atoms with Crippen LogP contribution in [0.25, 0.3) is 0 Å². The summed E-state index contributed by atoms with van der Waals surface area (Å²) in [5, 5.41) is 7.21. The highest BCUT2D eigenvalue weighted by molar-refractivity contribution is 5.89. The van der Waals surface area contributed by atoms with Gasteiger partial charge in [-0.05, 0) is 31.7 Å². The van der Waals surface area contributed by atoms with Crippen molar-refractivity contribution in [2.45, 2.75) is 69.9 Å². The lowest BCUT2D eigenvalue weighted by molar-refractivity contribution is -0.125. The Bertz CT molecular complexity index is 543. The molecule has 0 aliphatic heterocycles. The number of carbonyl (C=O) groups is 2. The van der Waals surface area contributed by atoms with Gasteiger partial charge in [-0.15, -0.1) is 0 Å². The summed E-state index contributed by atoms with van der Waals surface area (Å²) in [6, 6.07) is 2.18. The molecule has 6 nitrogen and oxygen atoms in total. The van der Waals surface area contributed by atoms with Gasteiger partial charge in [0.05, 0.1) is 6.04 Å². The Morgan fingerprint density at radius 1 is 1.13 bits per heavy atom. The van der Waals surface area contributed by atoms with Crippen LogP contribution >= 0.6 is 0 Å². The highest BCUT2D eigenvalue weighted by Crippen LogP contribution is 2.29. The van der Waals surface area contributed by atoms with Crippen molar-refractivity contribution in [2.75, 3.05) is 6.61 Å². The van der Waals surface area contributed by atoms with Gasteiger partial charge in [0, 0.05) is 12.2 Å². The zero-order valence-corrected chi connectivity index (χ0v) is 13.5. The van der Waals surface area contributed by atoms with E-state index >= 15 is 0 Å². The first-order valence-electron chi connectivity index (χ1n) is 8.74. The summed E-state index contributed by atoms with van der Waals surface area (Å²) in [5.74, 6) is -0.676. The Morgan fingerprint density at radius 3 is 2.57 bits per heavy atom. The number of rotatable bonds is 5. The van der Waals surface area contributed by atoms with Crippen molar-refractivity contribution in [3.8, 4) is 0 Å². The first-order chi connectivity index (χ1) is 11.2. The Kier molecular flexibility index (Phi) is 5.31. The fraction of sp³-hybridized carbons (Fsp3) is 0.706. The molecule has 2 aliphatic carbocycles. The zero-order valence-electron chi connectivity index (χ0n) is 13.5. The van der Waals surface area contributed by atoms with Crippen molar-refractivity contribution < 1.29 is 14.3 Å². The normalized spacial score (nSPS) is 19.7. The fourth-order valence-electron chi connectivity index (χ4n) is 3.64. The molecule has 0 saturated heterocycles. The predicted molar refractivity (Wildman–Crippen MR) is 85.0 cm³/mol. The number of carbonyl (C=O) groups excluding carboxylic acids is 2. The minimum atomic E-state index is -0.465. The largest absolute Gasteiger partial charge is 0.451 e. The lowest BCUT2D eigenvalue weighted by Gasteiger charge is -2.22. The zero-order chi connectivity index (χ0) is 16.1. The quantitative estimate of drug-likeness (QED) is 0.847. The maximum Gasteiger partial charge on any atom is 0.357 e. The first kappa shape index (κ1) is 16.0. The topological polar surface area (TPSA) is 73.2 Å². The molecule has 1 heterocycles. The molecule has 1 amide bonds. The summed E-state index contributed by atoms with van der Waals surface area (Å²) < 4.78 is 6.94. The molecule has 0 spiro atoms. The van der Waals surface area contributed by atoms with Crippen LogP contribution in [0.4, 0.5) is 0 Å². The van der Waals surface area contributed by atoms with E-state index in [0.29, 0.717) is 5.69 Å². The summed E-state index contributed by atoms with van der Waals surface area (Å²) in [6.45, 7) is -0.217. The number of esters is 1. The van der Waals surface area contributed by atoms with Crippen LogP contribution in [0.2, 0.25) is 0 Å². The molecule has 2 saturated carbocycles. The highest BCUT2D eigenvalue weighted by atomic mass is 16.5. The molecule has 6 heteroatoms. The highest BCUT2D eigenvalue weighted by Gasteiger charge is 2.24. The SMILES string of the molecule is O=C(COC(=O)c1ccnn1C1CCCC1)NC1CCCCC1. The molecule has 0 unspecified atom stereocenters. The average Bonchev–Trinajstić information content (AvgIpc) is 3.24. The molecule has 2 fully saturated rings. The second-order valence-corrected chi connectivity index (χ2v) is 6.58. The Morgan fingerprint density at radius 2 is 1.83 bits per heavy atom. The molecular weight excluding hydrogens is 294 g/mol. The van der Waals surface area contributed by atoms with Crippen molar-refractivity contribution in [1.29, 1.82) is 0 Å². The lowest BCUT2D eigenvalue weighted by atomic mass is 9.95. The molecule has 1 aromatic heterocycles. The van der Waals surface area contributed by atoms with Gasteiger partial charge in [-0.1, -0.05) is 32.1 Å². The first-order valence-corrected chi connectivity index (χ1v) is 8.74. The van der Waals surface area contributed by atoms with Crippen LogP contribution < -0.4 is 5.32 Å². The Labute approximate surface area is 136 Å². The van der Waals surface area contributed by atoms with E-state index in [1.165, 1.54) is 19.3 Å². The number of nitrogens with zero attached hydrogens (tertiary/aromatic N) is 2. The summed E-state index contributed by atoms with van der Waals surface area (Å²) >= 11 is 0. The minimum absolute atomic E-state index is 0.211. The number of amides is 1. The van der Waals surface area contributed by atoms with Crippen molar-refractivity contribution >= 4 is 11.9 Å². The van der Waals surface area contributed by atoms with E-state index in [0.717, 1.165) is 38.5 Å². The molecule has 2 aliphatic rings. The maximum absolute atomic E-state index is 12.2. The molecule has 0 aromatic carbocycles. The number of hydrogen-bond donors (Lipinski definition) is 1. The van der Waals surface area contributed by atoms with E-state index in [9.17, 15) is 9.59 Å². The third kappa shape index (κ3) is 4.12. The van der Waals surface area contributed by atoms with E-state index in [1.807, 2.05) is 0 Å². The second-order valence-electron chi connectivity index (χ2n) is 6.58. The smallest absolute Gasteiger partial charge is 0.357 e. The van der Waals surface area contributed by atoms with Crippen LogP contribution in [-0.2, 0) is 9.53 Å². The van der Waals surface area contributed by atoms with Crippen LogP contribution in [0, 0.1) is 0 Å². The monoisotopic (exact) mass is 319 g/mol. The minimum Gasteiger partial charge on any atom is -0.451 e.